The van der Waals surface area contributed by atoms with Crippen molar-refractivity contribution in [1.29, 1.82) is 0 Å². The fourth-order valence-corrected chi connectivity index (χ4v) is 3.95. The third-order valence-corrected chi connectivity index (χ3v) is 5.81. The van der Waals surface area contributed by atoms with Crippen LogP contribution < -0.4 is 10.1 Å². The smallest absolute Gasteiger partial charge is 0.232 e. The van der Waals surface area contributed by atoms with Crippen molar-refractivity contribution >= 4 is 29.0 Å². The van der Waals surface area contributed by atoms with Crippen LogP contribution in [0.2, 0.25) is 5.02 Å². The molecule has 0 fully saturated rings. The molecule has 34 heavy (non-hydrogen) atoms. The first-order valence-electron chi connectivity index (χ1n) is 11.6. The predicted molar refractivity (Wildman–Crippen MR) is 139 cm³/mol. The minimum Gasteiger partial charge on any atom is -0.492 e. The van der Waals surface area contributed by atoms with Gasteiger partial charge in [-0.25, -0.2) is 0 Å². The molecule has 3 rings (SSSR count). The van der Waals surface area contributed by atoms with E-state index >= 15 is 0 Å². The number of nitrogens with one attached hydrogen (secondary N) is 1. The summed E-state index contributed by atoms with van der Waals surface area (Å²) in [6, 6.07) is 22.2. The summed E-state index contributed by atoms with van der Waals surface area (Å²) in [6.45, 7) is 7.86. The van der Waals surface area contributed by atoms with Crippen LogP contribution in [0.25, 0.3) is 11.1 Å². The number of likely N-dealkylation sites (N-methyl/N-ethyl adjacent to an activating group) is 1. The zero-order valence-electron chi connectivity index (χ0n) is 19.7. The minimum atomic E-state index is -0.389. The summed E-state index contributed by atoms with van der Waals surface area (Å²) >= 11 is 6.35. The number of carbonyl (C=O) groups excluding carboxylic acids is 2. The lowest BCUT2D eigenvalue weighted by atomic mass is 10.0. The molecule has 1 amide bonds. The van der Waals surface area contributed by atoms with E-state index in [4.69, 9.17) is 16.3 Å². The number of nitrogens with zero attached hydrogens (tertiary/aromatic N) is 1. The first-order valence-corrected chi connectivity index (χ1v) is 12.0. The van der Waals surface area contributed by atoms with Crippen molar-refractivity contribution in [3.05, 3.63) is 83.4 Å². The number of anilines is 1. The molecule has 0 aliphatic rings. The summed E-state index contributed by atoms with van der Waals surface area (Å²) in [7, 11) is 0. The molecule has 0 saturated carbocycles. The second-order valence-electron chi connectivity index (χ2n) is 8.02. The number of Topliss-reactive ketones (excluding diaryl/α,β-unsaturated/α-hetero) is 1. The van der Waals surface area contributed by atoms with Crippen molar-refractivity contribution in [1.82, 2.24) is 4.90 Å². The van der Waals surface area contributed by atoms with Crippen molar-refractivity contribution in [3.8, 4) is 16.9 Å². The Bertz CT molecular complexity index is 1080. The number of ketones is 1. The van der Waals surface area contributed by atoms with Crippen LogP contribution in [0.4, 0.5) is 5.69 Å². The molecule has 1 N–H and O–H groups in total. The second-order valence-corrected chi connectivity index (χ2v) is 8.42. The van der Waals surface area contributed by atoms with Crippen LogP contribution in [-0.4, -0.2) is 42.8 Å². The van der Waals surface area contributed by atoms with E-state index in [1.165, 1.54) is 0 Å². The van der Waals surface area contributed by atoms with Crippen LogP contribution in [0.3, 0.4) is 0 Å². The number of halogens is 1. The highest BCUT2D eigenvalue weighted by molar-refractivity contribution is 6.34. The van der Waals surface area contributed by atoms with Gasteiger partial charge in [0.05, 0.1) is 11.4 Å². The van der Waals surface area contributed by atoms with Crippen molar-refractivity contribution in [2.75, 3.05) is 31.6 Å². The molecule has 0 aromatic heterocycles. The van der Waals surface area contributed by atoms with Crippen LogP contribution in [0, 0.1) is 0 Å². The largest absolute Gasteiger partial charge is 0.492 e. The van der Waals surface area contributed by atoms with E-state index in [2.05, 4.69) is 24.1 Å². The van der Waals surface area contributed by atoms with Crippen LogP contribution >= 0.6 is 11.6 Å². The normalized spacial score (nSPS) is 10.8. The van der Waals surface area contributed by atoms with Gasteiger partial charge in [-0.05, 0) is 67.0 Å². The van der Waals surface area contributed by atoms with Crippen molar-refractivity contribution in [2.45, 2.75) is 26.7 Å². The molecule has 0 spiro atoms. The van der Waals surface area contributed by atoms with E-state index in [1.807, 2.05) is 48.5 Å². The van der Waals surface area contributed by atoms with E-state index in [1.54, 1.807) is 24.3 Å². The summed E-state index contributed by atoms with van der Waals surface area (Å²) in [6.07, 6.45) is 0.836. The van der Waals surface area contributed by atoms with Gasteiger partial charge in [-0.1, -0.05) is 61.8 Å². The highest BCUT2D eigenvalue weighted by Gasteiger charge is 2.16. The maximum atomic E-state index is 12.6. The molecule has 0 atom stereocenters. The molecule has 0 aliphatic heterocycles. The lowest BCUT2D eigenvalue weighted by Gasteiger charge is -2.19. The quantitative estimate of drug-likeness (QED) is 0.244. The highest BCUT2D eigenvalue weighted by Crippen LogP contribution is 2.26. The van der Waals surface area contributed by atoms with Crippen LogP contribution in [0.1, 0.15) is 37.0 Å². The van der Waals surface area contributed by atoms with Gasteiger partial charge in [0.2, 0.25) is 5.91 Å². The number of ether oxygens (including phenoxy) is 1. The van der Waals surface area contributed by atoms with E-state index in [9.17, 15) is 9.59 Å². The molecule has 0 heterocycles. The number of rotatable bonds is 12. The Morgan fingerprint density at radius 1 is 0.912 bits per heavy atom. The average molecular weight is 479 g/mol. The fraction of sp³-hybridized carbons (Fsp3) is 0.286. The first-order chi connectivity index (χ1) is 16.5. The molecular weight excluding hydrogens is 448 g/mol. The lowest BCUT2D eigenvalue weighted by molar-refractivity contribution is -0.115. The van der Waals surface area contributed by atoms with Gasteiger partial charge in [0.15, 0.2) is 5.78 Å². The number of carbonyl (C=O) groups is 2. The first kappa shape index (κ1) is 25.5. The molecule has 0 aliphatic carbocycles. The molecule has 3 aromatic rings. The molecule has 6 heteroatoms. The minimum absolute atomic E-state index is 0.285. The van der Waals surface area contributed by atoms with Gasteiger partial charge in [-0.3, -0.25) is 9.59 Å². The van der Waals surface area contributed by atoms with Gasteiger partial charge in [0.1, 0.15) is 12.4 Å². The number of hydrogen-bond donors (Lipinski definition) is 1. The Kier molecular flexibility index (Phi) is 9.68. The Hall–Kier alpha value is -3.15. The SMILES string of the molecule is CCCN(CC)CCOc1ccc(NC(=O)CC(=O)c2ccc(-c3ccccc3)cc2Cl)cc1. The Balaban J connectivity index is 1.51. The van der Waals surface area contributed by atoms with Crippen molar-refractivity contribution < 1.29 is 14.3 Å². The molecule has 0 bridgehead atoms. The maximum absolute atomic E-state index is 12.6. The highest BCUT2D eigenvalue weighted by atomic mass is 35.5. The van der Waals surface area contributed by atoms with Crippen LogP contribution in [0.5, 0.6) is 5.75 Å². The van der Waals surface area contributed by atoms with Crippen LogP contribution in [0.15, 0.2) is 72.8 Å². The standard InChI is InChI=1S/C28H31ClN2O3/c1-3-16-31(4-2)17-18-34-24-13-11-23(12-14-24)30-28(33)20-27(32)25-15-10-22(19-26(25)29)21-8-6-5-7-9-21/h5-15,19H,3-4,16-18,20H2,1-2H3,(H,30,33). The molecule has 3 aromatic carbocycles. The van der Waals surface area contributed by atoms with E-state index in [0.29, 0.717) is 22.9 Å². The van der Waals surface area contributed by atoms with Crippen LogP contribution in [-0.2, 0) is 4.79 Å². The zero-order valence-corrected chi connectivity index (χ0v) is 20.5. The number of amides is 1. The van der Waals surface area contributed by atoms with E-state index < -0.39 is 0 Å². The summed E-state index contributed by atoms with van der Waals surface area (Å²) in [5.74, 6) is 0.0292. The number of hydrogen-bond acceptors (Lipinski definition) is 4. The third-order valence-electron chi connectivity index (χ3n) is 5.50. The van der Waals surface area contributed by atoms with Crippen molar-refractivity contribution in [3.63, 3.8) is 0 Å². The topological polar surface area (TPSA) is 58.6 Å². The molecular formula is C28H31ClN2O3. The Labute approximate surface area is 206 Å². The molecule has 0 saturated heterocycles. The van der Waals surface area contributed by atoms with Gasteiger partial charge in [-0.2, -0.15) is 0 Å². The lowest BCUT2D eigenvalue weighted by Crippen LogP contribution is -2.28. The molecule has 178 valence electrons. The van der Waals surface area contributed by atoms with Gasteiger partial charge in [-0.15, -0.1) is 0 Å². The summed E-state index contributed by atoms with van der Waals surface area (Å²) in [5.41, 5.74) is 2.88. The van der Waals surface area contributed by atoms with Gasteiger partial charge in [0.25, 0.3) is 0 Å². The van der Waals surface area contributed by atoms with E-state index in [-0.39, 0.29) is 18.1 Å². The van der Waals surface area contributed by atoms with Gasteiger partial charge >= 0.3 is 0 Å². The average Bonchev–Trinajstić information content (AvgIpc) is 2.84. The Morgan fingerprint density at radius 3 is 2.29 bits per heavy atom. The molecule has 5 nitrogen and oxygen atoms in total. The third kappa shape index (κ3) is 7.44. The molecule has 0 unspecified atom stereocenters. The maximum Gasteiger partial charge on any atom is 0.232 e. The summed E-state index contributed by atoms with van der Waals surface area (Å²) in [5, 5.41) is 3.09. The second kappa shape index (κ2) is 12.9. The molecule has 0 radical (unpaired) electrons. The monoisotopic (exact) mass is 478 g/mol. The predicted octanol–water partition coefficient (Wildman–Crippen LogP) is 6.33. The summed E-state index contributed by atoms with van der Waals surface area (Å²) < 4.78 is 5.80. The Morgan fingerprint density at radius 2 is 1.65 bits per heavy atom. The zero-order chi connectivity index (χ0) is 24.3. The van der Waals surface area contributed by atoms with E-state index in [0.717, 1.165) is 42.9 Å². The van der Waals surface area contributed by atoms with Crippen molar-refractivity contribution in [2.24, 2.45) is 0 Å². The van der Waals surface area contributed by atoms with Gasteiger partial charge in [0, 0.05) is 17.8 Å². The van der Waals surface area contributed by atoms with Gasteiger partial charge < -0.3 is 15.0 Å². The summed E-state index contributed by atoms with van der Waals surface area (Å²) in [4.78, 5) is 27.4. The number of benzene rings is 3. The fourth-order valence-electron chi connectivity index (χ4n) is 3.67.